The molecule has 26 heavy (non-hydrogen) atoms. The third-order valence-corrected chi connectivity index (χ3v) is 5.01. The van der Waals surface area contributed by atoms with Crippen LogP contribution in [-0.2, 0) is 27.6 Å². The van der Waals surface area contributed by atoms with Gasteiger partial charge in [-0.15, -0.1) is 0 Å². The topological polar surface area (TPSA) is 88.5 Å². The van der Waals surface area contributed by atoms with Gasteiger partial charge in [-0.2, -0.15) is 0 Å². The number of fused-ring (bicyclic) bond motifs is 1. The highest BCUT2D eigenvalue weighted by Gasteiger charge is 2.21. The molecule has 0 aliphatic carbocycles. The molecule has 136 valence electrons. The van der Waals surface area contributed by atoms with Crippen molar-refractivity contribution in [2.75, 3.05) is 12.0 Å². The summed E-state index contributed by atoms with van der Waals surface area (Å²) in [5.41, 5.74) is 3.91. The lowest BCUT2D eigenvalue weighted by molar-refractivity contribution is -0.121. The molecule has 1 atom stereocenters. The van der Waals surface area contributed by atoms with Gasteiger partial charge in [-0.05, 0) is 24.1 Å². The Morgan fingerprint density at radius 2 is 2.00 bits per heavy atom. The minimum Gasteiger partial charge on any atom is -0.349 e. The average Bonchev–Trinajstić information content (AvgIpc) is 2.96. The van der Waals surface area contributed by atoms with Crippen molar-refractivity contribution in [2.45, 2.75) is 25.9 Å². The van der Waals surface area contributed by atoms with E-state index in [-0.39, 0.29) is 24.1 Å². The van der Waals surface area contributed by atoms with Crippen LogP contribution in [0.15, 0.2) is 47.6 Å². The fourth-order valence-electron chi connectivity index (χ4n) is 2.95. The average molecular weight is 371 g/mol. The second kappa shape index (κ2) is 7.37. The molecule has 0 saturated heterocycles. The summed E-state index contributed by atoms with van der Waals surface area (Å²) in [6.45, 7) is 2.37. The maximum Gasteiger partial charge on any atom is 0.226 e. The molecule has 2 aromatic rings. The van der Waals surface area contributed by atoms with Crippen LogP contribution in [0.25, 0.3) is 0 Å². The first-order valence-corrected chi connectivity index (χ1v) is 10.4. The summed E-state index contributed by atoms with van der Waals surface area (Å²) in [4.78, 5) is 20.9. The van der Waals surface area contributed by atoms with E-state index in [9.17, 15) is 13.2 Å². The van der Waals surface area contributed by atoms with Crippen molar-refractivity contribution in [3.8, 4) is 0 Å². The fraction of sp³-hybridized carbons (Fsp3) is 0.316. The van der Waals surface area contributed by atoms with Crippen LogP contribution in [0, 0.1) is 0 Å². The molecular weight excluding hydrogens is 350 g/mol. The lowest BCUT2D eigenvalue weighted by Gasteiger charge is -2.14. The maximum absolute atomic E-state index is 12.3. The zero-order chi connectivity index (χ0) is 18.7. The van der Waals surface area contributed by atoms with E-state index in [0.29, 0.717) is 18.0 Å². The standard InChI is InChI=1S/C19H21N3O3S/c1-13(14-6-4-3-5-7-14)22-19(23)9-16-8-15-10-21-18(12-26(2,24)25)17(15)11-20-16/h3-8,11,13H,9-10,12H2,1-2H3,(H,22,23)/t13-/m1/s1. The molecule has 1 N–H and O–H groups in total. The molecule has 7 heteroatoms. The highest BCUT2D eigenvalue weighted by molar-refractivity contribution is 7.91. The number of hydrogen-bond donors (Lipinski definition) is 1. The normalized spacial score (nSPS) is 14.5. The van der Waals surface area contributed by atoms with Crippen LogP contribution in [-0.4, -0.2) is 37.0 Å². The van der Waals surface area contributed by atoms with Gasteiger partial charge in [-0.25, -0.2) is 8.42 Å². The SMILES string of the molecule is C[C@@H](NC(=O)Cc1cc2c(cn1)C(CS(C)(=O)=O)=NC2)c1ccccc1. The van der Waals surface area contributed by atoms with Gasteiger partial charge >= 0.3 is 0 Å². The first kappa shape index (κ1) is 18.3. The Morgan fingerprint density at radius 3 is 2.69 bits per heavy atom. The quantitative estimate of drug-likeness (QED) is 0.839. The first-order chi connectivity index (χ1) is 12.3. The van der Waals surface area contributed by atoms with E-state index in [1.165, 1.54) is 6.26 Å². The van der Waals surface area contributed by atoms with Crippen LogP contribution in [0.2, 0.25) is 0 Å². The van der Waals surface area contributed by atoms with Crippen molar-refractivity contribution >= 4 is 21.5 Å². The molecular formula is C19H21N3O3S. The van der Waals surface area contributed by atoms with Gasteiger partial charge in [0.2, 0.25) is 5.91 Å². The molecule has 6 nitrogen and oxygen atoms in total. The number of hydrogen-bond acceptors (Lipinski definition) is 5. The number of sulfone groups is 1. The largest absolute Gasteiger partial charge is 0.349 e. The molecule has 3 rings (SSSR count). The lowest BCUT2D eigenvalue weighted by atomic mass is 10.1. The number of aromatic nitrogens is 1. The van der Waals surface area contributed by atoms with Crippen LogP contribution in [0.3, 0.4) is 0 Å². The summed E-state index contributed by atoms with van der Waals surface area (Å²) in [6, 6.07) is 11.5. The summed E-state index contributed by atoms with van der Waals surface area (Å²) in [5, 5.41) is 2.97. The van der Waals surface area contributed by atoms with E-state index < -0.39 is 9.84 Å². The molecule has 1 aromatic heterocycles. The highest BCUT2D eigenvalue weighted by atomic mass is 32.2. The molecule has 0 bridgehead atoms. The van der Waals surface area contributed by atoms with E-state index >= 15 is 0 Å². The predicted octanol–water partition coefficient (Wildman–Crippen LogP) is 1.85. The lowest BCUT2D eigenvalue weighted by Crippen LogP contribution is -2.28. The molecule has 2 heterocycles. The summed E-state index contributed by atoms with van der Waals surface area (Å²) in [6.07, 6.45) is 2.98. The second-order valence-corrected chi connectivity index (χ2v) is 8.68. The van der Waals surface area contributed by atoms with Gasteiger partial charge in [-0.3, -0.25) is 14.8 Å². The Labute approximate surface area is 153 Å². The Bertz CT molecular complexity index is 953. The summed E-state index contributed by atoms with van der Waals surface area (Å²) in [7, 11) is -3.14. The Kier molecular flexibility index (Phi) is 5.18. The Hall–Kier alpha value is -2.54. The summed E-state index contributed by atoms with van der Waals surface area (Å²) in [5.74, 6) is -0.195. The number of aliphatic imine (C=N–C) groups is 1. The van der Waals surface area contributed by atoms with Crippen LogP contribution >= 0.6 is 0 Å². The molecule has 1 amide bonds. The maximum atomic E-state index is 12.3. The molecule has 0 unspecified atom stereocenters. The third kappa shape index (κ3) is 4.54. The van der Waals surface area contributed by atoms with Gasteiger partial charge in [0.25, 0.3) is 0 Å². The number of nitrogens with one attached hydrogen (secondary N) is 1. The van der Waals surface area contributed by atoms with Gasteiger partial charge < -0.3 is 5.32 Å². The van der Waals surface area contributed by atoms with Crippen LogP contribution in [0.4, 0.5) is 0 Å². The predicted molar refractivity (Wildman–Crippen MR) is 101 cm³/mol. The van der Waals surface area contributed by atoms with Gasteiger partial charge in [0.15, 0.2) is 9.84 Å². The minimum atomic E-state index is -3.14. The van der Waals surface area contributed by atoms with Crippen LogP contribution in [0.1, 0.15) is 35.3 Å². The number of carbonyl (C=O) groups excluding carboxylic acids is 1. The zero-order valence-electron chi connectivity index (χ0n) is 14.8. The fourth-order valence-corrected chi connectivity index (χ4v) is 3.70. The van der Waals surface area contributed by atoms with Crippen LogP contribution < -0.4 is 5.32 Å². The van der Waals surface area contributed by atoms with Crippen LogP contribution in [0.5, 0.6) is 0 Å². The molecule has 0 saturated carbocycles. The van der Waals surface area contributed by atoms with E-state index in [1.807, 2.05) is 43.3 Å². The highest BCUT2D eigenvalue weighted by Crippen LogP contribution is 2.20. The number of rotatable bonds is 6. The van der Waals surface area contributed by atoms with E-state index in [2.05, 4.69) is 15.3 Å². The third-order valence-electron chi connectivity index (χ3n) is 4.22. The molecule has 1 aromatic carbocycles. The number of carbonyl (C=O) groups is 1. The molecule has 1 aliphatic heterocycles. The van der Waals surface area contributed by atoms with Crippen molar-refractivity contribution in [1.82, 2.24) is 10.3 Å². The Balaban J connectivity index is 1.64. The van der Waals surface area contributed by atoms with Gasteiger partial charge in [0.1, 0.15) is 0 Å². The monoisotopic (exact) mass is 371 g/mol. The molecule has 0 spiro atoms. The van der Waals surface area contributed by atoms with Crippen molar-refractivity contribution < 1.29 is 13.2 Å². The molecule has 0 fully saturated rings. The van der Waals surface area contributed by atoms with Gasteiger partial charge in [0.05, 0.1) is 36.2 Å². The van der Waals surface area contributed by atoms with Gasteiger partial charge in [-0.1, -0.05) is 30.3 Å². The van der Waals surface area contributed by atoms with E-state index in [4.69, 9.17) is 0 Å². The van der Waals surface area contributed by atoms with Crippen molar-refractivity contribution in [1.29, 1.82) is 0 Å². The number of pyridine rings is 1. The molecule has 0 radical (unpaired) electrons. The number of nitrogens with zero attached hydrogens (tertiary/aromatic N) is 2. The van der Waals surface area contributed by atoms with Gasteiger partial charge in [0, 0.05) is 18.0 Å². The number of amides is 1. The smallest absolute Gasteiger partial charge is 0.226 e. The second-order valence-electron chi connectivity index (χ2n) is 6.54. The zero-order valence-corrected chi connectivity index (χ0v) is 15.6. The summed E-state index contributed by atoms with van der Waals surface area (Å²) < 4.78 is 22.9. The Morgan fingerprint density at radius 1 is 1.27 bits per heavy atom. The van der Waals surface area contributed by atoms with Crippen molar-refractivity contribution in [2.24, 2.45) is 4.99 Å². The minimum absolute atomic E-state index is 0.0807. The molecule has 1 aliphatic rings. The first-order valence-electron chi connectivity index (χ1n) is 8.35. The number of benzene rings is 1. The van der Waals surface area contributed by atoms with E-state index in [0.717, 1.165) is 16.7 Å². The summed E-state index contributed by atoms with van der Waals surface area (Å²) >= 11 is 0. The van der Waals surface area contributed by atoms with E-state index in [1.54, 1.807) is 6.20 Å². The van der Waals surface area contributed by atoms with Crippen molar-refractivity contribution in [3.63, 3.8) is 0 Å². The van der Waals surface area contributed by atoms with Crippen molar-refractivity contribution in [3.05, 3.63) is 65.0 Å².